The summed E-state index contributed by atoms with van der Waals surface area (Å²) < 4.78 is 42.2. The maximum atomic E-state index is 13.1. The number of alkyl halides is 3. The highest BCUT2D eigenvalue weighted by molar-refractivity contribution is 6.30. The number of rotatable bonds is 3. The van der Waals surface area contributed by atoms with E-state index in [9.17, 15) is 13.2 Å². The van der Waals surface area contributed by atoms with Crippen molar-refractivity contribution in [3.05, 3.63) is 35.0 Å². The Bertz CT molecular complexity index is 830. The summed E-state index contributed by atoms with van der Waals surface area (Å²) in [6.45, 7) is 2.28. The van der Waals surface area contributed by atoms with Crippen molar-refractivity contribution < 1.29 is 13.2 Å². The average molecular weight is 359 g/mol. The van der Waals surface area contributed by atoms with Crippen LogP contribution in [0.5, 0.6) is 0 Å². The predicted octanol–water partition coefficient (Wildman–Crippen LogP) is 2.69. The topological polar surface area (TPSA) is 60.0 Å². The van der Waals surface area contributed by atoms with Gasteiger partial charge in [0.2, 0.25) is 0 Å². The minimum absolute atomic E-state index is 0.118. The van der Waals surface area contributed by atoms with Crippen LogP contribution < -0.4 is 5.32 Å². The summed E-state index contributed by atoms with van der Waals surface area (Å²) >= 11 is 5.81. The largest absolute Gasteiger partial charge is 0.434 e. The van der Waals surface area contributed by atoms with Gasteiger partial charge >= 0.3 is 6.18 Å². The number of aryl methyl sites for hydroxylation is 1. The summed E-state index contributed by atoms with van der Waals surface area (Å²) in [6.07, 6.45) is -0.571. The van der Waals surface area contributed by atoms with Gasteiger partial charge in [-0.25, -0.2) is 9.98 Å². The molecule has 0 radical (unpaired) electrons. The first-order chi connectivity index (χ1) is 11.3. The van der Waals surface area contributed by atoms with E-state index in [1.807, 2.05) is 0 Å². The van der Waals surface area contributed by atoms with Crippen LogP contribution in [0.25, 0.3) is 11.4 Å². The number of aromatic nitrogens is 4. The molecule has 2 aromatic rings. The molecule has 0 aromatic carbocycles. The molecule has 128 valence electrons. The minimum Gasteiger partial charge on any atom is -0.367 e. The maximum absolute atomic E-state index is 13.1. The summed E-state index contributed by atoms with van der Waals surface area (Å²) in [5, 5.41) is 7.57. The van der Waals surface area contributed by atoms with Crippen molar-refractivity contribution in [3.8, 4) is 11.4 Å². The van der Waals surface area contributed by atoms with Crippen LogP contribution >= 0.6 is 11.6 Å². The van der Waals surface area contributed by atoms with E-state index < -0.39 is 11.9 Å². The van der Waals surface area contributed by atoms with E-state index in [0.29, 0.717) is 23.0 Å². The molecule has 0 spiro atoms. The number of halogens is 4. The van der Waals surface area contributed by atoms with Crippen LogP contribution in [-0.4, -0.2) is 31.7 Å². The molecule has 24 heavy (non-hydrogen) atoms. The molecule has 1 aliphatic heterocycles. The normalized spacial score (nSPS) is 15.1. The molecule has 0 atom stereocenters. The van der Waals surface area contributed by atoms with Crippen LogP contribution in [0.1, 0.15) is 11.4 Å². The number of imidazole rings is 1. The summed E-state index contributed by atoms with van der Waals surface area (Å²) in [4.78, 5) is 7.87. The minimum atomic E-state index is -4.53. The third kappa shape index (κ3) is 3.16. The molecule has 0 aliphatic carbocycles. The first kappa shape index (κ1) is 16.6. The fourth-order valence-electron chi connectivity index (χ4n) is 2.29. The van der Waals surface area contributed by atoms with Crippen LogP contribution in [0.3, 0.4) is 0 Å². The maximum Gasteiger partial charge on any atom is 0.434 e. The van der Waals surface area contributed by atoms with Crippen molar-refractivity contribution in [2.75, 3.05) is 6.54 Å². The van der Waals surface area contributed by atoms with Gasteiger partial charge in [0, 0.05) is 25.1 Å². The average Bonchev–Trinajstić information content (AvgIpc) is 3.06. The van der Waals surface area contributed by atoms with E-state index in [1.54, 1.807) is 18.7 Å². The van der Waals surface area contributed by atoms with Crippen molar-refractivity contribution in [2.24, 2.45) is 12.0 Å². The number of hydrogen-bond acceptors (Lipinski definition) is 4. The van der Waals surface area contributed by atoms with Crippen LogP contribution in [0.4, 0.5) is 13.2 Å². The summed E-state index contributed by atoms with van der Waals surface area (Å²) in [5.74, 6) is 0.700. The molecule has 2 aromatic heterocycles. The second-order valence-corrected chi connectivity index (χ2v) is 5.83. The molecule has 10 heteroatoms. The number of nitrogens with zero attached hydrogens (tertiary/aromatic N) is 5. The molecule has 6 nitrogen and oxygen atoms in total. The van der Waals surface area contributed by atoms with Crippen molar-refractivity contribution in [3.63, 3.8) is 0 Å². The third-order valence-corrected chi connectivity index (χ3v) is 3.92. The van der Waals surface area contributed by atoms with Gasteiger partial charge in [0.1, 0.15) is 11.7 Å². The van der Waals surface area contributed by atoms with Gasteiger partial charge in [-0.3, -0.25) is 4.68 Å². The molecular formula is C14H14ClF3N6. The van der Waals surface area contributed by atoms with E-state index in [1.165, 1.54) is 17.0 Å². The lowest BCUT2D eigenvalue weighted by atomic mass is 10.2. The van der Waals surface area contributed by atoms with Gasteiger partial charge in [-0.15, -0.1) is 0 Å². The van der Waals surface area contributed by atoms with Crippen molar-refractivity contribution in [2.45, 2.75) is 19.6 Å². The summed E-state index contributed by atoms with van der Waals surface area (Å²) in [5.41, 5.74) is 0.306. The zero-order chi connectivity index (χ0) is 17.5. The monoisotopic (exact) mass is 358 g/mol. The Labute approximate surface area is 140 Å². The lowest BCUT2D eigenvalue weighted by molar-refractivity contribution is -0.140. The molecule has 0 amide bonds. The first-order valence-corrected chi connectivity index (χ1v) is 7.42. The van der Waals surface area contributed by atoms with E-state index in [2.05, 4.69) is 20.4 Å². The Hall–Kier alpha value is -2.29. The number of aliphatic imine (C=N–C) groups is 1. The second kappa shape index (κ2) is 5.97. The van der Waals surface area contributed by atoms with Gasteiger partial charge in [-0.1, -0.05) is 11.6 Å². The summed E-state index contributed by atoms with van der Waals surface area (Å²) in [7, 11) is 1.72. The molecule has 3 heterocycles. The molecule has 3 rings (SSSR count). The van der Waals surface area contributed by atoms with Crippen molar-refractivity contribution in [1.29, 1.82) is 0 Å². The number of nitrogens with one attached hydrogen (secondary N) is 1. The number of hydrogen-bond donors (Lipinski definition) is 1. The molecule has 0 saturated heterocycles. The van der Waals surface area contributed by atoms with Gasteiger partial charge in [-0.2, -0.15) is 18.3 Å². The lowest BCUT2D eigenvalue weighted by Crippen LogP contribution is -2.31. The summed E-state index contributed by atoms with van der Waals surface area (Å²) in [6, 6.07) is 0. The van der Waals surface area contributed by atoms with Crippen LogP contribution in [-0.2, 0) is 19.8 Å². The molecule has 0 fully saturated rings. The lowest BCUT2D eigenvalue weighted by Gasteiger charge is -2.14. The zero-order valence-corrected chi connectivity index (χ0v) is 13.7. The first-order valence-electron chi connectivity index (χ1n) is 7.04. The molecule has 1 N–H and O–H groups in total. The molecule has 0 unspecified atom stereocenters. The Kier molecular flexibility index (Phi) is 4.12. The SMILES string of the molecule is Cc1c(-c2nc(C(F)(F)F)cn2CC2=NC=C(Cl)CN2)cnn1C. The fourth-order valence-corrected chi connectivity index (χ4v) is 2.41. The van der Waals surface area contributed by atoms with E-state index in [0.717, 1.165) is 11.9 Å². The predicted molar refractivity (Wildman–Crippen MR) is 83.5 cm³/mol. The van der Waals surface area contributed by atoms with Crippen LogP contribution in [0, 0.1) is 6.92 Å². The van der Waals surface area contributed by atoms with Gasteiger partial charge in [0.25, 0.3) is 0 Å². The Morgan fingerprint density at radius 1 is 1.38 bits per heavy atom. The fraction of sp³-hybridized carbons (Fsp3) is 0.357. The molecular weight excluding hydrogens is 345 g/mol. The second-order valence-electron chi connectivity index (χ2n) is 5.35. The third-order valence-electron chi connectivity index (χ3n) is 3.69. The molecule has 1 aliphatic rings. The Morgan fingerprint density at radius 2 is 2.12 bits per heavy atom. The van der Waals surface area contributed by atoms with E-state index >= 15 is 0 Å². The van der Waals surface area contributed by atoms with Gasteiger partial charge < -0.3 is 9.88 Å². The van der Waals surface area contributed by atoms with Crippen molar-refractivity contribution in [1.82, 2.24) is 24.6 Å². The zero-order valence-electron chi connectivity index (χ0n) is 12.9. The smallest absolute Gasteiger partial charge is 0.367 e. The van der Waals surface area contributed by atoms with E-state index in [4.69, 9.17) is 11.6 Å². The quantitative estimate of drug-likeness (QED) is 0.917. The number of amidine groups is 1. The highest BCUT2D eigenvalue weighted by Gasteiger charge is 2.35. The van der Waals surface area contributed by atoms with Gasteiger partial charge in [-0.05, 0) is 6.92 Å². The van der Waals surface area contributed by atoms with Crippen molar-refractivity contribution >= 4 is 17.4 Å². The van der Waals surface area contributed by atoms with Crippen LogP contribution in [0.2, 0.25) is 0 Å². The van der Waals surface area contributed by atoms with Gasteiger partial charge in [0.15, 0.2) is 5.69 Å². The van der Waals surface area contributed by atoms with Gasteiger partial charge in [0.05, 0.1) is 29.9 Å². The highest BCUT2D eigenvalue weighted by Crippen LogP contribution is 2.31. The highest BCUT2D eigenvalue weighted by atomic mass is 35.5. The standard InChI is InChI=1S/C14H14ClF3N6/c1-8-10(5-21-23(8)2)13-22-11(14(16,17)18)6-24(13)7-12-19-3-9(15)4-20-12/h3,5-6H,4,7H2,1-2H3,(H,19,20). The van der Waals surface area contributed by atoms with E-state index in [-0.39, 0.29) is 12.4 Å². The molecule has 0 saturated carbocycles. The Balaban J connectivity index is 2.04. The Morgan fingerprint density at radius 3 is 2.67 bits per heavy atom. The molecule has 0 bridgehead atoms. The van der Waals surface area contributed by atoms with Crippen LogP contribution in [0.15, 0.2) is 28.6 Å².